The number of hydrogen-bond acceptors (Lipinski definition) is 3. The molecule has 4 nitrogen and oxygen atoms in total. The van der Waals surface area contributed by atoms with E-state index in [1.807, 2.05) is 7.05 Å². The molecule has 1 aromatic carbocycles. The Bertz CT molecular complexity index is 624. The van der Waals surface area contributed by atoms with E-state index >= 15 is 0 Å². The Morgan fingerprint density at radius 2 is 2.08 bits per heavy atom. The molecule has 0 aliphatic carbocycles. The monoisotopic (exact) mass is 342 g/mol. The van der Waals surface area contributed by atoms with Crippen LogP contribution in [0.3, 0.4) is 0 Å². The molecule has 2 heterocycles. The summed E-state index contributed by atoms with van der Waals surface area (Å²) < 4.78 is 0. The molecule has 0 spiro atoms. The molecule has 0 amide bonds. The Morgan fingerprint density at radius 3 is 2.83 bits per heavy atom. The normalized spacial score (nSPS) is 18.7. The molecule has 128 valence electrons. The second-order valence-corrected chi connectivity index (χ2v) is 7.17. The van der Waals surface area contributed by atoms with Crippen LogP contribution in [0.25, 0.3) is 0 Å². The molecule has 0 bridgehead atoms. The van der Waals surface area contributed by atoms with Gasteiger partial charge in [0.05, 0.1) is 6.54 Å². The van der Waals surface area contributed by atoms with E-state index < -0.39 is 0 Å². The van der Waals surface area contributed by atoms with Crippen molar-refractivity contribution in [1.82, 2.24) is 15.5 Å². The lowest BCUT2D eigenvalue weighted by Crippen LogP contribution is -2.44. The van der Waals surface area contributed by atoms with E-state index in [0.717, 1.165) is 25.6 Å². The van der Waals surface area contributed by atoms with E-state index in [1.165, 1.54) is 29.8 Å². The van der Waals surface area contributed by atoms with Crippen LogP contribution in [0.4, 0.5) is 0 Å². The molecule has 1 atom stereocenters. The molecule has 0 saturated carbocycles. The predicted octanol–water partition coefficient (Wildman–Crippen LogP) is 3.08. The fraction of sp³-hybridized carbons (Fsp3) is 0.421. The van der Waals surface area contributed by atoms with Crippen molar-refractivity contribution < 1.29 is 0 Å². The smallest absolute Gasteiger partial charge is 0.191 e. The molecule has 5 heteroatoms. The Hall–Kier alpha value is -1.85. The number of benzene rings is 1. The van der Waals surface area contributed by atoms with Gasteiger partial charge in [-0.15, -0.1) is 11.3 Å². The van der Waals surface area contributed by atoms with Gasteiger partial charge >= 0.3 is 0 Å². The first-order valence-corrected chi connectivity index (χ1v) is 9.48. The summed E-state index contributed by atoms with van der Waals surface area (Å²) in [6.45, 7) is 3.99. The zero-order chi connectivity index (χ0) is 16.6. The number of hydrogen-bond donors (Lipinski definition) is 2. The van der Waals surface area contributed by atoms with Crippen molar-refractivity contribution in [3.63, 3.8) is 0 Å². The van der Waals surface area contributed by atoms with Crippen molar-refractivity contribution in [2.75, 3.05) is 20.1 Å². The number of nitrogens with one attached hydrogen (secondary N) is 2. The lowest BCUT2D eigenvalue weighted by molar-refractivity contribution is 0.245. The summed E-state index contributed by atoms with van der Waals surface area (Å²) >= 11 is 1.77. The van der Waals surface area contributed by atoms with Crippen molar-refractivity contribution in [1.29, 1.82) is 0 Å². The fourth-order valence-corrected chi connectivity index (χ4v) is 3.82. The summed E-state index contributed by atoms with van der Waals surface area (Å²) in [5.41, 5.74) is 1.39. The topological polar surface area (TPSA) is 39.7 Å². The Kier molecular flexibility index (Phi) is 6.26. The summed E-state index contributed by atoms with van der Waals surface area (Å²) in [7, 11) is 1.83. The highest BCUT2D eigenvalue weighted by Crippen LogP contribution is 2.19. The predicted molar refractivity (Wildman–Crippen MR) is 102 cm³/mol. The van der Waals surface area contributed by atoms with Gasteiger partial charge in [-0.2, -0.15) is 0 Å². The minimum absolute atomic E-state index is 0.575. The van der Waals surface area contributed by atoms with Crippen LogP contribution in [0.15, 0.2) is 52.8 Å². The molecule has 1 fully saturated rings. The molecule has 1 unspecified atom stereocenters. The minimum atomic E-state index is 0.575. The largest absolute Gasteiger partial charge is 0.355 e. The van der Waals surface area contributed by atoms with E-state index in [1.54, 1.807) is 11.3 Å². The van der Waals surface area contributed by atoms with E-state index in [9.17, 15) is 0 Å². The molecule has 1 aromatic heterocycles. The van der Waals surface area contributed by atoms with Crippen LogP contribution in [0.5, 0.6) is 0 Å². The van der Waals surface area contributed by atoms with Gasteiger partial charge in [-0.05, 0) is 36.4 Å². The highest BCUT2D eigenvalue weighted by molar-refractivity contribution is 7.09. The van der Waals surface area contributed by atoms with Gasteiger partial charge in [-0.3, -0.25) is 9.89 Å². The Balaban J connectivity index is 1.47. The molecule has 2 N–H and O–H groups in total. The first-order valence-electron chi connectivity index (χ1n) is 8.60. The standard InChI is InChI=1S/C19H26N4S/c1-20-19(22-14-18-10-6-12-24-18)21-13-17-9-5-11-23(17)15-16-7-3-2-4-8-16/h2-4,6-8,10,12,17H,5,9,11,13-15H2,1H3,(H2,20,21,22). The summed E-state index contributed by atoms with van der Waals surface area (Å²) in [6.07, 6.45) is 2.53. The van der Waals surface area contributed by atoms with Crippen LogP contribution < -0.4 is 10.6 Å². The van der Waals surface area contributed by atoms with Crippen LogP contribution in [-0.4, -0.2) is 37.0 Å². The molecule has 2 aromatic rings. The van der Waals surface area contributed by atoms with Crippen molar-refractivity contribution in [2.45, 2.75) is 32.0 Å². The second kappa shape index (κ2) is 8.85. The third kappa shape index (κ3) is 4.82. The van der Waals surface area contributed by atoms with Crippen molar-refractivity contribution >= 4 is 17.3 Å². The highest BCUT2D eigenvalue weighted by Gasteiger charge is 2.24. The molecule has 3 rings (SSSR count). The number of thiophene rings is 1. The minimum Gasteiger partial charge on any atom is -0.355 e. The maximum atomic E-state index is 4.34. The number of likely N-dealkylation sites (tertiary alicyclic amines) is 1. The number of nitrogens with zero attached hydrogens (tertiary/aromatic N) is 2. The SMILES string of the molecule is CN=C(NCc1cccs1)NCC1CCCN1Cc1ccccc1. The number of aliphatic imine (C=N–C) groups is 1. The molecule has 1 saturated heterocycles. The molecular formula is C19H26N4S. The van der Waals surface area contributed by atoms with Crippen LogP contribution in [0, 0.1) is 0 Å². The zero-order valence-electron chi connectivity index (χ0n) is 14.2. The third-order valence-corrected chi connectivity index (χ3v) is 5.34. The fourth-order valence-electron chi connectivity index (χ4n) is 3.17. The van der Waals surface area contributed by atoms with Crippen LogP contribution in [-0.2, 0) is 13.1 Å². The summed E-state index contributed by atoms with van der Waals surface area (Å²) in [6, 6.07) is 15.5. The molecule has 1 aliphatic rings. The van der Waals surface area contributed by atoms with E-state index in [4.69, 9.17) is 0 Å². The van der Waals surface area contributed by atoms with Crippen molar-refractivity contribution in [3.05, 3.63) is 58.3 Å². The first kappa shape index (κ1) is 17.0. The third-order valence-electron chi connectivity index (χ3n) is 4.47. The lowest BCUT2D eigenvalue weighted by atomic mass is 10.2. The lowest BCUT2D eigenvalue weighted by Gasteiger charge is -2.25. The number of rotatable bonds is 6. The molecule has 0 radical (unpaired) electrons. The molecule has 24 heavy (non-hydrogen) atoms. The van der Waals surface area contributed by atoms with Gasteiger partial charge in [0, 0.05) is 31.1 Å². The van der Waals surface area contributed by atoms with E-state index in [0.29, 0.717) is 6.04 Å². The maximum Gasteiger partial charge on any atom is 0.191 e. The van der Waals surface area contributed by atoms with Gasteiger partial charge in [0.1, 0.15) is 0 Å². The van der Waals surface area contributed by atoms with E-state index in [-0.39, 0.29) is 0 Å². The van der Waals surface area contributed by atoms with Gasteiger partial charge < -0.3 is 10.6 Å². The summed E-state index contributed by atoms with van der Waals surface area (Å²) in [5.74, 6) is 0.884. The zero-order valence-corrected chi connectivity index (χ0v) is 15.1. The van der Waals surface area contributed by atoms with Gasteiger partial charge in [0.2, 0.25) is 0 Å². The number of guanidine groups is 1. The average molecular weight is 343 g/mol. The van der Waals surface area contributed by atoms with Crippen molar-refractivity contribution in [2.24, 2.45) is 4.99 Å². The van der Waals surface area contributed by atoms with Crippen LogP contribution in [0.1, 0.15) is 23.3 Å². The summed E-state index contributed by atoms with van der Waals surface area (Å²) in [5, 5.41) is 8.99. The van der Waals surface area contributed by atoms with Crippen LogP contribution in [0.2, 0.25) is 0 Å². The summed E-state index contributed by atoms with van der Waals surface area (Å²) in [4.78, 5) is 8.24. The Morgan fingerprint density at radius 1 is 1.21 bits per heavy atom. The first-order chi connectivity index (χ1) is 11.8. The van der Waals surface area contributed by atoms with Gasteiger partial charge in [0.25, 0.3) is 0 Å². The average Bonchev–Trinajstić information content (AvgIpc) is 3.28. The van der Waals surface area contributed by atoms with Crippen LogP contribution >= 0.6 is 11.3 Å². The molecular weight excluding hydrogens is 316 g/mol. The molecule has 1 aliphatic heterocycles. The highest BCUT2D eigenvalue weighted by atomic mass is 32.1. The van der Waals surface area contributed by atoms with Gasteiger partial charge in [-0.25, -0.2) is 0 Å². The van der Waals surface area contributed by atoms with Gasteiger partial charge in [-0.1, -0.05) is 36.4 Å². The second-order valence-electron chi connectivity index (χ2n) is 6.14. The van der Waals surface area contributed by atoms with E-state index in [2.05, 4.69) is 68.4 Å². The van der Waals surface area contributed by atoms with Crippen molar-refractivity contribution in [3.8, 4) is 0 Å². The Labute approximate surface area is 148 Å². The van der Waals surface area contributed by atoms with Gasteiger partial charge in [0.15, 0.2) is 5.96 Å². The maximum absolute atomic E-state index is 4.34. The quantitative estimate of drug-likeness (QED) is 0.626.